The van der Waals surface area contributed by atoms with Gasteiger partial charge < -0.3 is 21.5 Å². The van der Waals surface area contributed by atoms with Crippen LogP contribution in [-0.4, -0.2) is 37.5 Å². The number of guanidine groups is 1. The first-order valence-electron chi connectivity index (χ1n) is 12.9. The molecule has 1 fully saturated rings. The normalized spacial score (nSPS) is 31.4. The number of hydrogen-bond donors (Lipinski definition) is 3. The van der Waals surface area contributed by atoms with Crippen LogP contribution in [0.2, 0.25) is 0 Å². The van der Waals surface area contributed by atoms with E-state index in [1.54, 1.807) is 5.57 Å². The van der Waals surface area contributed by atoms with Crippen LogP contribution in [0.15, 0.2) is 28.3 Å². The first-order chi connectivity index (χ1) is 16.0. The lowest BCUT2D eigenvalue weighted by Crippen LogP contribution is -2.57. The van der Waals surface area contributed by atoms with E-state index in [4.69, 9.17) is 16.2 Å². The molecule has 7 heteroatoms. The first-order valence-corrected chi connectivity index (χ1v) is 12.9. The molecule has 0 heterocycles. The summed E-state index contributed by atoms with van der Waals surface area (Å²) in [5, 5.41) is 3.05. The van der Waals surface area contributed by atoms with Gasteiger partial charge in [-0.1, -0.05) is 51.8 Å². The van der Waals surface area contributed by atoms with Crippen molar-refractivity contribution in [2.75, 3.05) is 13.7 Å². The highest BCUT2D eigenvalue weighted by Gasteiger charge is 2.57. The number of nitrogens with two attached hydrogens (primary N) is 2. The summed E-state index contributed by atoms with van der Waals surface area (Å²) in [7, 11) is 1.35. The Bertz CT molecular complexity index is 873. The molecule has 0 aliphatic heterocycles. The summed E-state index contributed by atoms with van der Waals surface area (Å²) in [6, 6.07) is -0.697. The molecule has 34 heavy (non-hydrogen) atoms. The molecule has 190 valence electrons. The number of esters is 1. The lowest BCUT2D eigenvalue weighted by atomic mass is 9.46. The van der Waals surface area contributed by atoms with E-state index < -0.39 is 17.4 Å². The zero-order valence-electron chi connectivity index (χ0n) is 21.7. The fraction of sp³-hybridized carbons (Fsp3) is 0.741. The van der Waals surface area contributed by atoms with Gasteiger partial charge in [0.25, 0.3) is 0 Å². The number of fused-ring (bicyclic) bond motifs is 3. The van der Waals surface area contributed by atoms with E-state index >= 15 is 0 Å². The van der Waals surface area contributed by atoms with Crippen LogP contribution >= 0.6 is 0 Å². The van der Waals surface area contributed by atoms with Crippen LogP contribution in [0, 0.1) is 28.6 Å². The van der Waals surface area contributed by atoms with E-state index in [0.29, 0.717) is 31.2 Å². The summed E-state index contributed by atoms with van der Waals surface area (Å²) in [5.41, 5.74) is 13.4. The summed E-state index contributed by atoms with van der Waals surface area (Å²) in [4.78, 5) is 30.2. The molecule has 0 aromatic heterocycles. The number of ether oxygens (including phenoxy) is 1. The molecule has 5 N–H and O–H groups in total. The van der Waals surface area contributed by atoms with Crippen LogP contribution in [-0.2, 0) is 14.3 Å². The molecule has 3 aliphatic rings. The fourth-order valence-corrected chi connectivity index (χ4v) is 6.83. The minimum absolute atomic E-state index is 0.0236. The average molecular weight is 473 g/mol. The molecule has 0 aromatic rings. The van der Waals surface area contributed by atoms with Gasteiger partial charge in [-0.05, 0) is 73.7 Å². The molecule has 3 aliphatic carbocycles. The molecule has 7 nitrogen and oxygen atoms in total. The van der Waals surface area contributed by atoms with Crippen molar-refractivity contribution >= 4 is 17.8 Å². The zero-order chi connectivity index (χ0) is 25.1. The number of nitrogens with zero attached hydrogens (tertiary/aromatic N) is 1. The Kier molecular flexibility index (Phi) is 8.14. The van der Waals surface area contributed by atoms with Crippen LogP contribution in [0.1, 0.15) is 79.1 Å². The number of carbonyl (C=O) groups is 2. The molecule has 0 aromatic carbocycles. The predicted molar refractivity (Wildman–Crippen MR) is 136 cm³/mol. The topological polar surface area (TPSA) is 120 Å². The monoisotopic (exact) mass is 472 g/mol. The molecule has 1 saturated carbocycles. The van der Waals surface area contributed by atoms with Crippen molar-refractivity contribution in [2.45, 2.75) is 85.1 Å². The van der Waals surface area contributed by atoms with Crippen LogP contribution in [0.4, 0.5) is 0 Å². The van der Waals surface area contributed by atoms with Crippen molar-refractivity contribution in [3.63, 3.8) is 0 Å². The highest BCUT2D eigenvalue weighted by Crippen LogP contribution is 2.62. The van der Waals surface area contributed by atoms with Gasteiger partial charge in [-0.2, -0.15) is 0 Å². The summed E-state index contributed by atoms with van der Waals surface area (Å²) >= 11 is 0. The number of carbonyl (C=O) groups excluding carboxylic acids is 2. The molecule has 1 amide bonds. The van der Waals surface area contributed by atoms with Crippen LogP contribution in [0.25, 0.3) is 0 Å². The molecule has 0 spiro atoms. The molecule has 0 radical (unpaired) electrons. The van der Waals surface area contributed by atoms with Gasteiger partial charge in [0.05, 0.1) is 12.5 Å². The molecule has 0 saturated heterocycles. The first kappa shape index (κ1) is 26.3. The quantitative estimate of drug-likeness (QED) is 0.215. The van der Waals surface area contributed by atoms with E-state index in [1.807, 2.05) is 0 Å². The van der Waals surface area contributed by atoms with Gasteiger partial charge in [0.1, 0.15) is 6.04 Å². The van der Waals surface area contributed by atoms with Crippen molar-refractivity contribution < 1.29 is 14.3 Å². The highest BCUT2D eigenvalue weighted by atomic mass is 16.5. The molecule has 5 atom stereocenters. The number of allylic oxidation sites excluding steroid dienone is 4. The van der Waals surface area contributed by atoms with Gasteiger partial charge in [0, 0.05) is 6.54 Å². The Morgan fingerprint density at radius 3 is 2.65 bits per heavy atom. The summed E-state index contributed by atoms with van der Waals surface area (Å²) in [6.45, 7) is 9.47. The van der Waals surface area contributed by atoms with E-state index in [2.05, 4.69) is 50.2 Å². The maximum absolute atomic E-state index is 13.8. The van der Waals surface area contributed by atoms with Crippen LogP contribution < -0.4 is 16.8 Å². The van der Waals surface area contributed by atoms with Gasteiger partial charge in [-0.15, -0.1) is 0 Å². The number of rotatable bonds is 8. The standard InChI is InChI=1S/C27H44N4O3/c1-17(2)18-9-11-20-19(16-18)10-12-22-26(20,3)13-7-14-27(22,4)24(33)31-21(23(32)34-5)8-6-15-30-25(28)29/h10,16-17,20-22H,6-9,11-15H2,1-5H3,(H,31,33)(H4,28,29,30). The third kappa shape index (κ3) is 5.18. The Labute approximate surface area is 204 Å². The highest BCUT2D eigenvalue weighted by molar-refractivity contribution is 5.88. The smallest absolute Gasteiger partial charge is 0.328 e. The minimum Gasteiger partial charge on any atom is -0.467 e. The second-order valence-corrected chi connectivity index (χ2v) is 11.2. The third-order valence-electron chi connectivity index (χ3n) is 8.83. The maximum atomic E-state index is 13.8. The second kappa shape index (κ2) is 10.5. The van der Waals surface area contributed by atoms with E-state index in [9.17, 15) is 9.59 Å². The summed E-state index contributed by atoms with van der Waals surface area (Å²) in [5.74, 6) is 0.887. The van der Waals surface area contributed by atoms with Gasteiger partial charge in [0.2, 0.25) is 5.91 Å². The molecule has 3 rings (SSSR count). The average Bonchev–Trinajstić information content (AvgIpc) is 2.79. The molecular weight excluding hydrogens is 428 g/mol. The zero-order valence-corrected chi connectivity index (χ0v) is 21.7. The summed E-state index contributed by atoms with van der Waals surface area (Å²) in [6.07, 6.45) is 12.1. The van der Waals surface area contributed by atoms with Crippen LogP contribution in [0.5, 0.6) is 0 Å². The Morgan fingerprint density at radius 2 is 2.00 bits per heavy atom. The Balaban J connectivity index is 1.80. The minimum atomic E-state index is -0.697. The SMILES string of the molecule is COC(=O)C(CCCN=C(N)N)NC(=O)C1(C)CCCC2(C)C3CCC(C(C)C)=CC3=CCC12. The number of methoxy groups -OCH3 is 1. The number of nitrogens with one attached hydrogen (secondary N) is 1. The second-order valence-electron chi connectivity index (χ2n) is 11.2. The Hall–Kier alpha value is -2.31. The fourth-order valence-electron chi connectivity index (χ4n) is 6.83. The van der Waals surface area contributed by atoms with Crippen molar-refractivity contribution in [3.05, 3.63) is 23.3 Å². The van der Waals surface area contributed by atoms with Crippen molar-refractivity contribution in [1.29, 1.82) is 0 Å². The maximum Gasteiger partial charge on any atom is 0.328 e. The van der Waals surface area contributed by atoms with Gasteiger partial charge >= 0.3 is 5.97 Å². The molecule has 0 bridgehead atoms. The lowest BCUT2D eigenvalue weighted by molar-refractivity contribution is -0.151. The van der Waals surface area contributed by atoms with Crippen LogP contribution in [0.3, 0.4) is 0 Å². The van der Waals surface area contributed by atoms with E-state index in [-0.39, 0.29) is 23.2 Å². The predicted octanol–water partition coefficient (Wildman–Crippen LogP) is 3.83. The van der Waals surface area contributed by atoms with E-state index in [1.165, 1.54) is 12.7 Å². The summed E-state index contributed by atoms with van der Waals surface area (Å²) < 4.78 is 4.98. The van der Waals surface area contributed by atoms with Crippen molar-refractivity contribution in [2.24, 2.45) is 45.0 Å². The van der Waals surface area contributed by atoms with Crippen molar-refractivity contribution in [3.8, 4) is 0 Å². The van der Waals surface area contributed by atoms with Gasteiger partial charge in [0.15, 0.2) is 5.96 Å². The number of aliphatic imine (C=N–C) groups is 1. The van der Waals surface area contributed by atoms with E-state index in [0.717, 1.165) is 38.5 Å². The number of hydrogen-bond acceptors (Lipinski definition) is 4. The van der Waals surface area contributed by atoms with Gasteiger partial charge in [-0.3, -0.25) is 9.79 Å². The molecular formula is C27H44N4O3. The van der Waals surface area contributed by atoms with Gasteiger partial charge in [-0.25, -0.2) is 4.79 Å². The Morgan fingerprint density at radius 1 is 1.26 bits per heavy atom. The van der Waals surface area contributed by atoms with Crippen molar-refractivity contribution in [1.82, 2.24) is 5.32 Å². The molecule has 5 unspecified atom stereocenters. The number of amides is 1. The lowest BCUT2D eigenvalue weighted by Gasteiger charge is -2.57. The largest absolute Gasteiger partial charge is 0.467 e. The third-order valence-corrected chi connectivity index (χ3v) is 8.83.